The lowest BCUT2D eigenvalue weighted by Crippen LogP contribution is -2.27. The third-order valence-corrected chi connectivity index (χ3v) is 4.99. The minimum absolute atomic E-state index is 0.185. The second kappa shape index (κ2) is 7.21. The zero-order valence-corrected chi connectivity index (χ0v) is 15.2. The summed E-state index contributed by atoms with van der Waals surface area (Å²) in [4.78, 5) is 37.2. The molecule has 1 aliphatic rings. The van der Waals surface area contributed by atoms with Crippen LogP contribution in [-0.2, 0) is 4.79 Å². The lowest BCUT2D eigenvalue weighted by atomic mass is 10.1. The predicted octanol–water partition coefficient (Wildman–Crippen LogP) is 4.89. The van der Waals surface area contributed by atoms with E-state index >= 15 is 0 Å². The minimum atomic E-state index is -0.999. The van der Waals surface area contributed by atoms with Gasteiger partial charge in [0.25, 0.3) is 11.1 Å². The number of imide groups is 1. The van der Waals surface area contributed by atoms with Crippen LogP contribution in [0.5, 0.6) is 0 Å². The van der Waals surface area contributed by atoms with Gasteiger partial charge in [0.1, 0.15) is 11.5 Å². The number of carbonyl (C=O) groups is 3. The van der Waals surface area contributed by atoms with Crippen LogP contribution in [0.15, 0.2) is 76.1 Å². The van der Waals surface area contributed by atoms with Crippen molar-refractivity contribution in [2.24, 2.45) is 0 Å². The number of aromatic carboxylic acids is 1. The summed E-state index contributed by atoms with van der Waals surface area (Å²) in [7, 11) is 0. The summed E-state index contributed by atoms with van der Waals surface area (Å²) in [5, 5.41) is 8.60. The first kappa shape index (κ1) is 17.8. The SMILES string of the molecule is O=C(O)c1ccc(-c2ccc(C=C3SC(=O)N(c4ccccc4)C3=O)o2)cc1. The minimum Gasteiger partial charge on any atom is -0.478 e. The van der Waals surface area contributed by atoms with Gasteiger partial charge < -0.3 is 9.52 Å². The average molecular weight is 391 g/mol. The van der Waals surface area contributed by atoms with Crippen molar-refractivity contribution >= 4 is 40.6 Å². The van der Waals surface area contributed by atoms with Crippen molar-refractivity contribution in [2.45, 2.75) is 0 Å². The summed E-state index contributed by atoms with van der Waals surface area (Å²) >= 11 is 0.855. The highest BCUT2D eigenvalue weighted by atomic mass is 32.2. The molecule has 4 rings (SSSR count). The average Bonchev–Trinajstić information content (AvgIpc) is 3.27. The summed E-state index contributed by atoms with van der Waals surface area (Å²) < 4.78 is 5.74. The van der Waals surface area contributed by atoms with Gasteiger partial charge in [-0.1, -0.05) is 30.3 Å². The van der Waals surface area contributed by atoms with Crippen LogP contribution in [0, 0.1) is 0 Å². The van der Waals surface area contributed by atoms with E-state index < -0.39 is 11.9 Å². The molecule has 1 fully saturated rings. The number of carboxylic acid groups (broad SMARTS) is 1. The molecule has 2 aromatic carbocycles. The van der Waals surface area contributed by atoms with Gasteiger partial charge in [0.2, 0.25) is 0 Å². The molecule has 1 aliphatic heterocycles. The van der Waals surface area contributed by atoms with E-state index in [4.69, 9.17) is 9.52 Å². The number of para-hydroxylation sites is 1. The fourth-order valence-corrected chi connectivity index (χ4v) is 3.58. The highest BCUT2D eigenvalue weighted by Crippen LogP contribution is 2.36. The molecule has 2 amide bonds. The zero-order chi connectivity index (χ0) is 19.7. The number of amides is 2. The molecule has 0 spiro atoms. The topological polar surface area (TPSA) is 87.8 Å². The normalized spacial score (nSPS) is 15.4. The molecule has 6 nitrogen and oxygen atoms in total. The van der Waals surface area contributed by atoms with Gasteiger partial charge in [0.05, 0.1) is 16.2 Å². The fourth-order valence-electron chi connectivity index (χ4n) is 2.76. The number of benzene rings is 2. The first-order valence-electron chi connectivity index (χ1n) is 8.29. The Morgan fingerprint density at radius 3 is 2.36 bits per heavy atom. The smallest absolute Gasteiger partial charge is 0.335 e. The van der Waals surface area contributed by atoms with Crippen molar-refractivity contribution < 1.29 is 23.9 Å². The molecule has 138 valence electrons. The Morgan fingerprint density at radius 1 is 0.964 bits per heavy atom. The number of carboxylic acids is 1. The molecule has 0 saturated carbocycles. The molecule has 0 bridgehead atoms. The molecule has 2 heterocycles. The van der Waals surface area contributed by atoms with E-state index in [0.29, 0.717) is 22.8 Å². The molecule has 1 aromatic heterocycles. The molecule has 0 aliphatic carbocycles. The Morgan fingerprint density at radius 2 is 1.68 bits per heavy atom. The fraction of sp³-hybridized carbons (Fsp3) is 0. The van der Waals surface area contributed by atoms with Gasteiger partial charge in [-0.25, -0.2) is 9.69 Å². The van der Waals surface area contributed by atoms with Crippen molar-refractivity contribution in [3.63, 3.8) is 0 Å². The second-order valence-electron chi connectivity index (χ2n) is 5.94. The van der Waals surface area contributed by atoms with Crippen molar-refractivity contribution in [1.29, 1.82) is 0 Å². The number of thioether (sulfide) groups is 1. The van der Waals surface area contributed by atoms with Gasteiger partial charge in [0.15, 0.2) is 0 Å². The van der Waals surface area contributed by atoms with Crippen LogP contribution >= 0.6 is 11.8 Å². The third kappa shape index (κ3) is 3.35. The quantitative estimate of drug-likeness (QED) is 0.638. The summed E-state index contributed by atoms with van der Waals surface area (Å²) in [5.74, 6) is -0.438. The van der Waals surface area contributed by atoms with Crippen LogP contribution in [-0.4, -0.2) is 22.2 Å². The lowest BCUT2D eigenvalue weighted by molar-refractivity contribution is -0.113. The van der Waals surface area contributed by atoms with E-state index in [1.54, 1.807) is 48.5 Å². The maximum absolute atomic E-state index is 12.6. The van der Waals surface area contributed by atoms with Crippen LogP contribution < -0.4 is 4.90 Å². The molecule has 28 heavy (non-hydrogen) atoms. The van der Waals surface area contributed by atoms with Gasteiger partial charge in [0, 0.05) is 11.6 Å². The first-order chi connectivity index (χ1) is 13.5. The molecule has 7 heteroatoms. The van der Waals surface area contributed by atoms with E-state index in [1.807, 2.05) is 6.07 Å². The van der Waals surface area contributed by atoms with Crippen LogP contribution in [0.1, 0.15) is 16.1 Å². The zero-order valence-electron chi connectivity index (χ0n) is 14.4. The standard InChI is InChI=1S/C21H13NO5S/c23-19-18(28-21(26)22(19)15-4-2-1-3-5-15)12-16-10-11-17(27-16)13-6-8-14(9-7-13)20(24)25/h1-12H,(H,24,25). The maximum atomic E-state index is 12.6. The monoisotopic (exact) mass is 391 g/mol. The van der Waals surface area contributed by atoms with Crippen LogP contribution in [0.3, 0.4) is 0 Å². The number of carbonyl (C=O) groups excluding carboxylic acids is 2. The number of anilines is 1. The van der Waals surface area contributed by atoms with E-state index in [9.17, 15) is 14.4 Å². The van der Waals surface area contributed by atoms with Gasteiger partial charge in [-0.05, 0) is 48.2 Å². The summed E-state index contributed by atoms with van der Waals surface area (Å²) in [6.07, 6.45) is 1.53. The predicted molar refractivity (Wildman–Crippen MR) is 106 cm³/mol. The largest absolute Gasteiger partial charge is 0.478 e. The highest BCUT2D eigenvalue weighted by molar-refractivity contribution is 8.19. The molecular formula is C21H13NO5S. The summed E-state index contributed by atoms with van der Waals surface area (Å²) in [5.41, 5.74) is 1.42. The third-order valence-electron chi connectivity index (χ3n) is 4.12. The molecule has 3 aromatic rings. The van der Waals surface area contributed by atoms with Crippen molar-refractivity contribution in [1.82, 2.24) is 0 Å². The van der Waals surface area contributed by atoms with Crippen LogP contribution in [0.25, 0.3) is 17.4 Å². The van der Waals surface area contributed by atoms with Gasteiger partial charge >= 0.3 is 5.97 Å². The Bertz CT molecular complexity index is 1100. The number of hydrogen-bond acceptors (Lipinski definition) is 5. The highest BCUT2D eigenvalue weighted by Gasteiger charge is 2.36. The van der Waals surface area contributed by atoms with Crippen LogP contribution in [0.4, 0.5) is 10.5 Å². The summed E-state index contributed by atoms with van der Waals surface area (Å²) in [6.45, 7) is 0. The molecule has 0 atom stereocenters. The lowest BCUT2D eigenvalue weighted by Gasteiger charge is -2.11. The van der Waals surface area contributed by atoms with E-state index in [-0.39, 0.29) is 15.7 Å². The van der Waals surface area contributed by atoms with E-state index in [1.165, 1.54) is 18.2 Å². The van der Waals surface area contributed by atoms with E-state index in [2.05, 4.69) is 0 Å². The van der Waals surface area contributed by atoms with Gasteiger partial charge in [-0.2, -0.15) is 0 Å². The first-order valence-corrected chi connectivity index (χ1v) is 9.11. The molecule has 1 saturated heterocycles. The summed E-state index contributed by atoms with van der Waals surface area (Å²) in [6, 6.07) is 18.4. The molecular weight excluding hydrogens is 378 g/mol. The number of rotatable bonds is 4. The number of furan rings is 1. The van der Waals surface area contributed by atoms with Crippen LogP contribution in [0.2, 0.25) is 0 Å². The molecule has 1 N–H and O–H groups in total. The molecule has 0 radical (unpaired) electrons. The second-order valence-corrected chi connectivity index (χ2v) is 6.93. The van der Waals surface area contributed by atoms with Gasteiger partial charge in [-0.3, -0.25) is 9.59 Å². The van der Waals surface area contributed by atoms with Crippen molar-refractivity contribution in [3.05, 3.63) is 83.0 Å². The number of nitrogens with zero attached hydrogens (tertiary/aromatic N) is 1. The van der Waals surface area contributed by atoms with Crippen molar-refractivity contribution in [2.75, 3.05) is 4.90 Å². The molecule has 0 unspecified atom stereocenters. The number of hydrogen-bond donors (Lipinski definition) is 1. The Kier molecular flexibility index (Phi) is 4.58. The van der Waals surface area contributed by atoms with Gasteiger partial charge in [-0.15, -0.1) is 0 Å². The van der Waals surface area contributed by atoms with Crippen molar-refractivity contribution in [3.8, 4) is 11.3 Å². The Labute approximate surface area is 164 Å². The Balaban J connectivity index is 1.58. The Hall–Kier alpha value is -3.58. The maximum Gasteiger partial charge on any atom is 0.335 e. The van der Waals surface area contributed by atoms with E-state index in [0.717, 1.165) is 16.7 Å².